The van der Waals surface area contributed by atoms with Gasteiger partial charge in [0.25, 0.3) is 0 Å². The van der Waals surface area contributed by atoms with E-state index >= 15 is 0 Å². The Labute approximate surface area is 142 Å². The fourth-order valence-corrected chi connectivity index (χ4v) is 3.32. The number of ether oxygens (including phenoxy) is 2. The molecule has 0 bridgehead atoms. The number of nitrogens with zero attached hydrogens (tertiary/aromatic N) is 2. The van der Waals surface area contributed by atoms with Gasteiger partial charge >= 0.3 is 0 Å². The first-order valence-corrected chi connectivity index (χ1v) is 8.37. The molecule has 0 aromatic heterocycles. The van der Waals surface area contributed by atoms with Crippen LogP contribution >= 0.6 is 0 Å². The average Bonchev–Trinajstić information content (AvgIpc) is 3.04. The summed E-state index contributed by atoms with van der Waals surface area (Å²) in [5.74, 6) is 2.04. The molecule has 1 N–H and O–H groups in total. The van der Waals surface area contributed by atoms with E-state index in [4.69, 9.17) is 9.47 Å². The van der Waals surface area contributed by atoms with Gasteiger partial charge in [0.15, 0.2) is 11.5 Å². The molecular weight excluding hydrogens is 304 g/mol. The van der Waals surface area contributed by atoms with Crippen molar-refractivity contribution in [1.82, 2.24) is 9.80 Å². The molecule has 126 valence electrons. The van der Waals surface area contributed by atoms with Gasteiger partial charge in [-0.05, 0) is 35.4 Å². The number of piperazine rings is 1. The van der Waals surface area contributed by atoms with Gasteiger partial charge in [0, 0.05) is 39.3 Å². The van der Waals surface area contributed by atoms with E-state index in [2.05, 4.69) is 28.0 Å². The Kier molecular flexibility index (Phi) is 4.28. The highest BCUT2D eigenvalue weighted by Crippen LogP contribution is 2.32. The van der Waals surface area contributed by atoms with Gasteiger partial charge in [-0.15, -0.1) is 0 Å². The standard InChI is InChI=1S/C19H22N2O3/c22-17-3-1-2-15(10-17)12-20-6-8-21(9-7-20)13-16-4-5-18-19(11-16)24-14-23-18/h1-5,10-11,22H,6-9,12-14H2. The summed E-state index contributed by atoms with van der Waals surface area (Å²) in [6.45, 7) is 6.34. The maximum absolute atomic E-state index is 9.57. The van der Waals surface area contributed by atoms with Crippen molar-refractivity contribution in [3.05, 3.63) is 53.6 Å². The third-order valence-corrected chi connectivity index (χ3v) is 4.62. The van der Waals surface area contributed by atoms with Gasteiger partial charge in [0.2, 0.25) is 6.79 Å². The Bertz CT molecular complexity index is 712. The van der Waals surface area contributed by atoms with Crippen molar-refractivity contribution >= 4 is 0 Å². The molecule has 4 rings (SSSR count). The molecule has 1 saturated heterocycles. The van der Waals surface area contributed by atoms with Crippen LogP contribution in [0, 0.1) is 0 Å². The van der Waals surface area contributed by atoms with Crippen molar-refractivity contribution in [3.8, 4) is 17.2 Å². The zero-order valence-corrected chi connectivity index (χ0v) is 13.6. The van der Waals surface area contributed by atoms with Crippen molar-refractivity contribution in [3.63, 3.8) is 0 Å². The Balaban J connectivity index is 1.30. The molecule has 0 radical (unpaired) electrons. The zero-order valence-electron chi connectivity index (χ0n) is 13.6. The van der Waals surface area contributed by atoms with Gasteiger partial charge in [0.1, 0.15) is 5.75 Å². The van der Waals surface area contributed by atoms with E-state index < -0.39 is 0 Å². The summed E-state index contributed by atoms with van der Waals surface area (Å²) in [4.78, 5) is 4.90. The first-order valence-electron chi connectivity index (χ1n) is 8.37. The number of phenolic OH excluding ortho intramolecular Hbond substituents is 1. The van der Waals surface area contributed by atoms with E-state index in [-0.39, 0.29) is 0 Å². The Morgan fingerprint density at radius 1 is 0.792 bits per heavy atom. The lowest BCUT2D eigenvalue weighted by molar-refractivity contribution is 0.122. The number of hydrogen-bond donors (Lipinski definition) is 1. The van der Waals surface area contributed by atoms with Gasteiger partial charge in [0.05, 0.1) is 0 Å². The molecule has 5 nitrogen and oxygen atoms in total. The van der Waals surface area contributed by atoms with Crippen LogP contribution in [-0.4, -0.2) is 47.9 Å². The number of rotatable bonds is 4. The molecule has 0 atom stereocenters. The second-order valence-electron chi connectivity index (χ2n) is 6.41. The highest BCUT2D eigenvalue weighted by molar-refractivity contribution is 5.44. The number of benzene rings is 2. The van der Waals surface area contributed by atoms with Crippen LogP contribution in [0.1, 0.15) is 11.1 Å². The lowest BCUT2D eigenvalue weighted by atomic mass is 10.1. The summed E-state index contributed by atoms with van der Waals surface area (Å²) in [6, 6.07) is 13.7. The van der Waals surface area contributed by atoms with Gasteiger partial charge in [-0.3, -0.25) is 9.80 Å². The summed E-state index contributed by atoms with van der Waals surface area (Å²) in [5.41, 5.74) is 2.43. The minimum absolute atomic E-state index is 0.326. The van der Waals surface area contributed by atoms with E-state index in [1.165, 1.54) is 11.1 Å². The molecule has 2 aliphatic rings. The number of fused-ring (bicyclic) bond motifs is 1. The molecule has 2 aliphatic heterocycles. The van der Waals surface area contributed by atoms with Crippen LogP contribution in [-0.2, 0) is 13.1 Å². The summed E-state index contributed by atoms with van der Waals surface area (Å²) in [6.07, 6.45) is 0. The molecule has 2 aromatic rings. The average molecular weight is 326 g/mol. The Morgan fingerprint density at radius 2 is 1.46 bits per heavy atom. The fraction of sp³-hybridized carbons (Fsp3) is 0.368. The van der Waals surface area contributed by atoms with Crippen LogP contribution in [0.15, 0.2) is 42.5 Å². The first kappa shape index (κ1) is 15.3. The van der Waals surface area contributed by atoms with Gasteiger partial charge in [-0.1, -0.05) is 18.2 Å². The van der Waals surface area contributed by atoms with E-state index in [1.54, 1.807) is 6.07 Å². The third-order valence-electron chi connectivity index (χ3n) is 4.62. The molecule has 0 unspecified atom stereocenters. The van der Waals surface area contributed by atoms with E-state index in [9.17, 15) is 5.11 Å². The maximum atomic E-state index is 9.57. The van der Waals surface area contributed by atoms with E-state index in [0.717, 1.165) is 50.8 Å². The molecule has 0 saturated carbocycles. The largest absolute Gasteiger partial charge is 0.508 e. The normalized spacial score (nSPS) is 18.0. The topological polar surface area (TPSA) is 45.2 Å². The van der Waals surface area contributed by atoms with E-state index in [1.807, 2.05) is 18.2 Å². The van der Waals surface area contributed by atoms with Crippen molar-refractivity contribution in [1.29, 1.82) is 0 Å². The summed E-state index contributed by atoms with van der Waals surface area (Å²) in [7, 11) is 0. The van der Waals surface area contributed by atoms with Crippen molar-refractivity contribution in [2.45, 2.75) is 13.1 Å². The predicted molar refractivity (Wildman–Crippen MR) is 91.2 cm³/mol. The lowest BCUT2D eigenvalue weighted by Gasteiger charge is -2.34. The second kappa shape index (κ2) is 6.71. The number of phenols is 1. The molecule has 0 spiro atoms. The molecule has 0 aliphatic carbocycles. The second-order valence-corrected chi connectivity index (χ2v) is 6.41. The highest BCUT2D eigenvalue weighted by Gasteiger charge is 2.19. The predicted octanol–water partition coefficient (Wildman–Crippen LogP) is 2.44. The minimum Gasteiger partial charge on any atom is -0.508 e. The smallest absolute Gasteiger partial charge is 0.231 e. The van der Waals surface area contributed by atoms with Gasteiger partial charge in [-0.2, -0.15) is 0 Å². The third kappa shape index (κ3) is 3.47. The van der Waals surface area contributed by atoms with Crippen LogP contribution in [0.5, 0.6) is 17.2 Å². The molecule has 24 heavy (non-hydrogen) atoms. The summed E-state index contributed by atoms with van der Waals surface area (Å²) < 4.78 is 10.8. The zero-order chi connectivity index (χ0) is 16.4. The van der Waals surface area contributed by atoms with Crippen LogP contribution in [0.4, 0.5) is 0 Å². The molecular formula is C19H22N2O3. The van der Waals surface area contributed by atoms with Crippen molar-refractivity contribution in [2.75, 3.05) is 33.0 Å². The summed E-state index contributed by atoms with van der Waals surface area (Å²) >= 11 is 0. The van der Waals surface area contributed by atoms with Crippen LogP contribution in [0.3, 0.4) is 0 Å². The van der Waals surface area contributed by atoms with Crippen LogP contribution in [0.2, 0.25) is 0 Å². The molecule has 2 heterocycles. The molecule has 1 fully saturated rings. The van der Waals surface area contributed by atoms with E-state index in [0.29, 0.717) is 12.5 Å². The SMILES string of the molecule is Oc1cccc(CN2CCN(Cc3ccc4c(c3)OCO4)CC2)c1. The van der Waals surface area contributed by atoms with Crippen LogP contribution in [0.25, 0.3) is 0 Å². The molecule has 2 aromatic carbocycles. The lowest BCUT2D eigenvalue weighted by Crippen LogP contribution is -2.45. The number of hydrogen-bond acceptors (Lipinski definition) is 5. The highest BCUT2D eigenvalue weighted by atomic mass is 16.7. The Hall–Kier alpha value is -2.24. The van der Waals surface area contributed by atoms with Crippen molar-refractivity contribution < 1.29 is 14.6 Å². The fourth-order valence-electron chi connectivity index (χ4n) is 3.32. The van der Waals surface area contributed by atoms with Crippen molar-refractivity contribution in [2.24, 2.45) is 0 Å². The summed E-state index contributed by atoms with van der Waals surface area (Å²) in [5, 5.41) is 9.57. The van der Waals surface area contributed by atoms with Gasteiger partial charge in [-0.25, -0.2) is 0 Å². The van der Waals surface area contributed by atoms with Crippen LogP contribution < -0.4 is 9.47 Å². The Morgan fingerprint density at radius 3 is 2.17 bits per heavy atom. The maximum Gasteiger partial charge on any atom is 0.231 e. The number of aromatic hydroxyl groups is 1. The molecule has 0 amide bonds. The molecule has 5 heteroatoms. The van der Waals surface area contributed by atoms with Gasteiger partial charge < -0.3 is 14.6 Å². The minimum atomic E-state index is 0.326. The first-order chi connectivity index (χ1) is 11.8. The quantitative estimate of drug-likeness (QED) is 0.935. The monoisotopic (exact) mass is 326 g/mol.